The van der Waals surface area contributed by atoms with E-state index in [1.165, 1.54) is 51.4 Å². The van der Waals surface area contributed by atoms with Crippen molar-refractivity contribution in [1.29, 1.82) is 0 Å². The van der Waals surface area contributed by atoms with E-state index in [1.54, 1.807) is 7.11 Å². The first-order valence-corrected chi connectivity index (χ1v) is 11.0. The Hall–Kier alpha value is -1.58. The number of ether oxygens (including phenoxy) is 1. The number of nitrogens with two attached hydrogens (primary N) is 2. The van der Waals surface area contributed by atoms with Crippen LogP contribution >= 0.6 is 0 Å². The molecular weight excluding hydrogens is 334 g/mol. The summed E-state index contributed by atoms with van der Waals surface area (Å²) in [6.45, 7) is 11.3. The average Bonchev–Trinajstić information content (AvgIpc) is 2.68. The van der Waals surface area contributed by atoms with Gasteiger partial charge < -0.3 is 21.1 Å². The van der Waals surface area contributed by atoms with E-state index in [1.807, 2.05) is 12.1 Å². The highest BCUT2D eigenvalue weighted by atomic mass is 16.5. The molecule has 1 rings (SSSR count). The quantitative estimate of drug-likeness (QED) is 0.385. The molecule has 2 unspecified atom stereocenters. The van der Waals surface area contributed by atoms with Gasteiger partial charge in [0.15, 0.2) is 0 Å². The largest absolute Gasteiger partial charge is 0.495 e. The highest BCUT2D eigenvalue weighted by Gasteiger charge is 2.21. The van der Waals surface area contributed by atoms with E-state index in [0.717, 1.165) is 24.5 Å². The van der Waals surface area contributed by atoms with Gasteiger partial charge in [0.1, 0.15) is 5.75 Å². The molecule has 27 heavy (non-hydrogen) atoms. The number of unbranched alkanes of at least 4 members (excludes halogenated alkanes) is 2. The Labute approximate surface area is 167 Å². The minimum absolute atomic E-state index is 0.589. The number of hydrogen-bond acceptors (Lipinski definition) is 4. The van der Waals surface area contributed by atoms with Crippen molar-refractivity contribution in [1.82, 2.24) is 0 Å². The van der Waals surface area contributed by atoms with Gasteiger partial charge >= 0.3 is 0 Å². The van der Waals surface area contributed by atoms with Crippen molar-refractivity contribution in [3.63, 3.8) is 0 Å². The molecule has 4 nitrogen and oxygen atoms in total. The van der Waals surface area contributed by atoms with Crippen molar-refractivity contribution < 1.29 is 4.74 Å². The minimum atomic E-state index is 0.589. The molecule has 1 aromatic rings. The van der Waals surface area contributed by atoms with E-state index in [9.17, 15) is 0 Å². The molecule has 0 fully saturated rings. The SMILES string of the molecule is CCCCC(CC)CN(CC(CC)CCCC)c1cc(N)c(N)cc1OC. The number of nitrogen functional groups attached to an aromatic ring is 2. The number of anilines is 3. The zero-order valence-electron chi connectivity index (χ0n) is 18.4. The van der Waals surface area contributed by atoms with Crippen LogP contribution in [0.3, 0.4) is 0 Å². The average molecular weight is 378 g/mol. The molecule has 0 aliphatic heterocycles. The summed E-state index contributed by atoms with van der Waals surface area (Å²) >= 11 is 0. The van der Waals surface area contributed by atoms with E-state index in [4.69, 9.17) is 16.2 Å². The van der Waals surface area contributed by atoms with Crippen molar-refractivity contribution >= 4 is 17.1 Å². The molecule has 0 saturated carbocycles. The van der Waals surface area contributed by atoms with Crippen molar-refractivity contribution in [3.05, 3.63) is 12.1 Å². The van der Waals surface area contributed by atoms with Crippen LogP contribution < -0.4 is 21.1 Å². The summed E-state index contributed by atoms with van der Waals surface area (Å²) in [5.41, 5.74) is 14.5. The zero-order chi connectivity index (χ0) is 20.2. The molecule has 4 heteroatoms. The van der Waals surface area contributed by atoms with E-state index >= 15 is 0 Å². The van der Waals surface area contributed by atoms with Gasteiger partial charge in [0.05, 0.1) is 24.2 Å². The van der Waals surface area contributed by atoms with Crippen LogP contribution in [0, 0.1) is 11.8 Å². The molecule has 2 atom stereocenters. The van der Waals surface area contributed by atoms with E-state index in [2.05, 4.69) is 32.6 Å². The third-order valence-electron chi connectivity index (χ3n) is 5.77. The lowest BCUT2D eigenvalue weighted by molar-refractivity contribution is 0.390. The van der Waals surface area contributed by atoms with Crippen LogP contribution in [0.4, 0.5) is 17.1 Å². The fourth-order valence-corrected chi connectivity index (χ4v) is 3.74. The Kier molecular flexibility index (Phi) is 11.1. The van der Waals surface area contributed by atoms with Crippen LogP contribution in [-0.2, 0) is 0 Å². The molecule has 4 N–H and O–H groups in total. The van der Waals surface area contributed by atoms with Crippen LogP contribution in [0.1, 0.15) is 79.1 Å². The predicted octanol–water partition coefficient (Wildman–Crippen LogP) is 6.10. The van der Waals surface area contributed by atoms with Gasteiger partial charge in [0, 0.05) is 19.2 Å². The Bertz CT molecular complexity index is 515. The monoisotopic (exact) mass is 377 g/mol. The number of hydrogen-bond donors (Lipinski definition) is 2. The van der Waals surface area contributed by atoms with Crippen LogP contribution in [0.2, 0.25) is 0 Å². The molecule has 156 valence electrons. The normalized spacial score (nSPS) is 13.4. The van der Waals surface area contributed by atoms with Gasteiger partial charge in [0.2, 0.25) is 0 Å². The summed E-state index contributed by atoms with van der Waals surface area (Å²) in [7, 11) is 1.72. The second kappa shape index (κ2) is 12.7. The highest BCUT2D eigenvalue weighted by molar-refractivity contribution is 5.75. The van der Waals surface area contributed by atoms with Crippen LogP contribution in [-0.4, -0.2) is 20.2 Å². The summed E-state index contributed by atoms with van der Waals surface area (Å²) in [4.78, 5) is 2.52. The fraction of sp³-hybridized carbons (Fsp3) is 0.739. The van der Waals surface area contributed by atoms with Crippen molar-refractivity contribution in [2.75, 3.05) is 36.6 Å². The molecular formula is C23H43N3O. The molecule has 0 heterocycles. The lowest BCUT2D eigenvalue weighted by Crippen LogP contribution is -2.34. The molecule has 0 aromatic heterocycles. The van der Waals surface area contributed by atoms with Gasteiger partial charge in [0.25, 0.3) is 0 Å². The van der Waals surface area contributed by atoms with Gasteiger partial charge in [-0.1, -0.05) is 66.2 Å². The summed E-state index contributed by atoms with van der Waals surface area (Å²) in [6, 6.07) is 3.88. The second-order valence-electron chi connectivity index (χ2n) is 7.89. The second-order valence-corrected chi connectivity index (χ2v) is 7.89. The maximum absolute atomic E-state index is 6.16. The Balaban J connectivity index is 3.14. The van der Waals surface area contributed by atoms with Gasteiger partial charge in [-0.3, -0.25) is 0 Å². The van der Waals surface area contributed by atoms with E-state index in [0.29, 0.717) is 23.2 Å². The summed E-state index contributed by atoms with van der Waals surface area (Å²) in [5, 5.41) is 0. The summed E-state index contributed by atoms with van der Waals surface area (Å²) in [6.07, 6.45) is 10.1. The molecule has 0 spiro atoms. The van der Waals surface area contributed by atoms with Crippen LogP contribution in [0.15, 0.2) is 12.1 Å². The van der Waals surface area contributed by atoms with Crippen molar-refractivity contribution in [2.24, 2.45) is 11.8 Å². The first kappa shape index (κ1) is 23.5. The molecule has 0 aliphatic rings. The smallest absolute Gasteiger partial charge is 0.144 e. The van der Waals surface area contributed by atoms with Gasteiger partial charge in [-0.25, -0.2) is 0 Å². The van der Waals surface area contributed by atoms with Crippen molar-refractivity contribution in [2.45, 2.75) is 79.1 Å². The summed E-state index contributed by atoms with van der Waals surface area (Å²) < 4.78 is 5.68. The Morgan fingerprint density at radius 2 is 1.33 bits per heavy atom. The van der Waals surface area contributed by atoms with E-state index in [-0.39, 0.29) is 0 Å². The number of nitrogens with zero attached hydrogens (tertiary/aromatic N) is 1. The lowest BCUT2D eigenvalue weighted by atomic mass is 9.95. The molecule has 0 saturated heterocycles. The minimum Gasteiger partial charge on any atom is -0.495 e. The first-order valence-electron chi connectivity index (χ1n) is 11.0. The molecule has 1 aromatic carbocycles. The van der Waals surface area contributed by atoms with Crippen molar-refractivity contribution in [3.8, 4) is 5.75 Å². The van der Waals surface area contributed by atoms with Crippen LogP contribution in [0.25, 0.3) is 0 Å². The van der Waals surface area contributed by atoms with Gasteiger partial charge in [-0.15, -0.1) is 0 Å². The number of benzene rings is 1. The van der Waals surface area contributed by atoms with Gasteiger partial charge in [-0.2, -0.15) is 0 Å². The first-order chi connectivity index (χ1) is 13.0. The number of methoxy groups -OCH3 is 1. The summed E-state index contributed by atoms with van der Waals surface area (Å²) in [5.74, 6) is 2.21. The Morgan fingerprint density at radius 3 is 1.74 bits per heavy atom. The highest BCUT2D eigenvalue weighted by Crippen LogP contribution is 2.36. The molecule has 0 radical (unpaired) electrons. The Morgan fingerprint density at radius 1 is 0.852 bits per heavy atom. The zero-order valence-corrected chi connectivity index (χ0v) is 18.4. The van der Waals surface area contributed by atoms with E-state index < -0.39 is 0 Å². The molecule has 0 bridgehead atoms. The van der Waals surface area contributed by atoms with Crippen LogP contribution in [0.5, 0.6) is 5.75 Å². The number of rotatable bonds is 14. The lowest BCUT2D eigenvalue weighted by Gasteiger charge is -2.33. The standard InChI is InChI=1S/C23H43N3O/c1-6-10-12-18(8-3)16-26(17-19(9-4)13-11-7-2)22-14-20(24)21(25)15-23(22)27-5/h14-15,18-19H,6-13,16-17,24-25H2,1-5H3. The topological polar surface area (TPSA) is 64.5 Å². The molecule has 0 amide bonds. The molecule has 0 aliphatic carbocycles. The maximum atomic E-state index is 6.16. The van der Waals surface area contributed by atoms with Gasteiger partial charge in [-0.05, 0) is 30.7 Å². The third-order valence-corrected chi connectivity index (χ3v) is 5.77. The fourth-order valence-electron chi connectivity index (χ4n) is 3.74. The predicted molar refractivity (Wildman–Crippen MR) is 121 cm³/mol. The maximum Gasteiger partial charge on any atom is 0.144 e. The third kappa shape index (κ3) is 7.51.